The molecule has 3 atom stereocenters. The molecule has 0 aliphatic carbocycles. The third-order valence-electron chi connectivity index (χ3n) is 4.69. The predicted molar refractivity (Wildman–Crippen MR) is 81.4 cm³/mol. The number of aryl methyl sites for hydroxylation is 1. The number of hydrogen-bond donors (Lipinski definition) is 1. The van der Waals surface area contributed by atoms with Crippen LogP contribution in [0.4, 0.5) is 4.39 Å². The molecule has 2 aliphatic rings. The first-order chi connectivity index (χ1) is 9.61. The maximum absolute atomic E-state index is 14.3. The molecule has 2 heterocycles. The first-order valence-electron chi connectivity index (χ1n) is 7.34. The maximum Gasteiger partial charge on any atom is 0.130 e. The lowest BCUT2D eigenvalue weighted by Gasteiger charge is -2.40. The van der Waals surface area contributed by atoms with Crippen molar-refractivity contribution in [2.75, 3.05) is 18.1 Å². The summed E-state index contributed by atoms with van der Waals surface area (Å²) in [5.74, 6) is 2.41. The van der Waals surface area contributed by atoms with E-state index < -0.39 is 0 Å². The third-order valence-corrected chi connectivity index (χ3v) is 5.91. The van der Waals surface area contributed by atoms with Crippen molar-refractivity contribution in [3.05, 3.63) is 35.1 Å². The summed E-state index contributed by atoms with van der Waals surface area (Å²) in [7, 11) is 0. The molecule has 2 nitrogen and oxygen atoms in total. The van der Waals surface area contributed by atoms with Crippen molar-refractivity contribution in [1.29, 1.82) is 0 Å². The summed E-state index contributed by atoms with van der Waals surface area (Å²) in [6.07, 6.45) is 3.01. The molecule has 0 saturated carbocycles. The zero-order valence-electron chi connectivity index (χ0n) is 11.9. The molecule has 0 amide bonds. The van der Waals surface area contributed by atoms with E-state index in [4.69, 9.17) is 10.5 Å². The molecular weight excluding hydrogens is 273 g/mol. The van der Waals surface area contributed by atoms with Crippen LogP contribution in [0, 0.1) is 18.7 Å². The van der Waals surface area contributed by atoms with Gasteiger partial charge in [-0.15, -0.1) is 0 Å². The second-order valence-electron chi connectivity index (χ2n) is 6.09. The number of thioether (sulfide) groups is 1. The van der Waals surface area contributed by atoms with Crippen molar-refractivity contribution in [2.24, 2.45) is 11.7 Å². The molecule has 2 aliphatic heterocycles. The Kier molecular flexibility index (Phi) is 4.07. The molecule has 110 valence electrons. The van der Waals surface area contributed by atoms with E-state index in [0.717, 1.165) is 31.6 Å². The molecule has 1 aromatic carbocycles. The van der Waals surface area contributed by atoms with Gasteiger partial charge >= 0.3 is 0 Å². The number of hydrogen-bond acceptors (Lipinski definition) is 3. The van der Waals surface area contributed by atoms with E-state index in [1.54, 1.807) is 13.0 Å². The van der Waals surface area contributed by atoms with Crippen molar-refractivity contribution in [2.45, 2.75) is 37.8 Å². The van der Waals surface area contributed by atoms with Crippen LogP contribution < -0.4 is 5.73 Å². The fraction of sp³-hybridized carbons (Fsp3) is 0.625. The van der Waals surface area contributed by atoms with E-state index in [9.17, 15) is 4.39 Å². The first kappa shape index (κ1) is 14.4. The minimum absolute atomic E-state index is 0.00546. The molecular formula is C16H22FNOS. The summed E-state index contributed by atoms with van der Waals surface area (Å²) >= 11 is 1.95. The van der Waals surface area contributed by atoms with E-state index in [1.807, 2.05) is 23.9 Å². The third kappa shape index (κ3) is 2.61. The summed E-state index contributed by atoms with van der Waals surface area (Å²) in [5, 5.41) is 0. The van der Waals surface area contributed by atoms with Gasteiger partial charge in [0, 0.05) is 24.0 Å². The number of halogens is 1. The van der Waals surface area contributed by atoms with Gasteiger partial charge in [0.15, 0.2) is 0 Å². The number of nitrogens with two attached hydrogens (primary N) is 1. The first-order valence-corrected chi connectivity index (χ1v) is 8.49. The van der Waals surface area contributed by atoms with Crippen molar-refractivity contribution in [3.8, 4) is 0 Å². The highest BCUT2D eigenvalue weighted by Crippen LogP contribution is 2.43. The Hall–Kier alpha value is -0.580. The largest absolute Gasteiger partial charge is 0.374 e. The van der Waals surface area contributed by atoms with E-state index in [0.29, 0.717) is 17.0 Å². The molecule has 3 rings (SSSR count). The second kappa shape index (κ2) is 5.66. The Labute approximate surface area is 124 Å². The monoisotopic (exact) mass is 295 g/mol. The molecule has 2 N–H and O–H groups in total. The molecule has 3 unspecified atom stereocenters. The van der Waals surface area contributed by atoms with Gasteiger partial charge in [-0.2, -0.15) is 11.8 Å². The Bertz CT molecular complexity index is 487. The van der Waals surface area contributed by atoms with Gasteiger partial charge in [0.25, 0.3) is 0 Å². The molecule has 4 heteroatoms. The van der Waals surface area contributed by atoms with Gasteiger partial charge < -0.3 is 10.5 Å². The lowest BCUT2D eigenvalue weighted by molar-refractivity contribution is -0.0835. The smallest absolute Gasteiger partial charge is 0.130 e. The van der Waals surface area contributed by atoms with Gasteiger partial charge in [-0.25, -0.2) is 4.39 Å². The van der Waals surface area contributed by atoms with Crippen molar-refractivity contribution >= 4 is 11.8 Å². The van der Waals surface area contributed by atoms with Crippen LogP contribution in [0.2, 0.25) is 0 Å². The van der Waals surface area contributed by atoms with Crippen LogP contribution in [0.15, 0.2) is 18.2 Å². The van der Waals surface area contributed by atoms with Crippen molar-refractivity contribution < 1.29 is 9.13 Å². The second-order valence-corrected chi connectivity index (χ2v) is 7.20. The minimum atomic E-state index is -0.221. The Morgan fingerprint density at radius 3 is 3.10 bits per heavy atom. The average Bonchev–Trinajstić information content (AvgIpc) is 2.89. The molecule has 1 spiro atoms. The van der Waals surface area contributed by atoms with E-state index in [1.165, 1.54) is 5.75 Å². The van der Waals surface area contributed by atoms with Gasteiger partial charge in [-0.3, -0.25) is 0 Å². The zero-order chi connectivity index (χ0) is 14.2. The fourth-order valence-electron chi connectivity index (χ4n) is 3.42. The van der Waals surface area contributed by atoms with E-state index in [-0.39, 0.29) is 17.5 Å². The highest BCUT2D eigenvalue weighted by Gasteiger charge is 2.42. The van der Waals surface area contributed by atoms with Gasteiger partial charge in [-0.1, -0.05) is 18.2 Å². The molecule has 0 aromatic heterocycles. The van der Waals surface area contributed by atoms with Gasteiger partial charge in [0.1, 0.15) is 5.82 Å². The van der Waals surface area contributed by atoms with Crippen LogP contribution in [-0.2, 0) is 4.74 Å². The normalized spacial score (nSPS) is 31.6. The van der Waals surface area contributed by atoms with Crippen LogP contribution in [0.3, 0.4) is 0 Å². The zero-order valence-corrected chi connectivity index (χ0v) is 12.7. The Morgan fingerprint density at radius 2 is 2.35 bits per heavy atom. The van der Waals surface area contributed by atoms with Crippen LogP contribution in [0.25, 0.3) is 0 Å². The van der Waals surface area contributed by atoms with Gasteiger partial charge in [-0.05, 0) is 43.4 Å². The predicted octanol–water partition coefficient (Wildman–Crippen LogP) is 3.44. The molecule has 0 radical (unpaired) electrons. The van der Waals surface area contributed by atoms with Crippen LogP contribution in [-0.4, -0.2) is 23.7 Å². The Morgan fingerprint density at radius 1 is 1.50 bits per heavy atom. The fourth-order valence-corrected chi connectivity index (χ4v) is 4.80. The van der Waals surface area contributed by atoms with Gasteiger partial charge in [0.05, 0.1) is 5.60 Å². The summed E-state index contributed by atoms with van der Waals surface area (Å²) < 4.78 is 20.3. The van der Waals surface area contributed by atoms with Crippen LogP contribution >= 0.6 is 11.8 Å². The summed E-state index contributed by atoms with van der Waals surface area (Å²) in [6, 6.07) is 5.30. The summed E-state index contributed by atoms with van der Waals surface area (Å²) in [4.78, 5) is 0. The van der Waals surface area contributed by atoms with Gasteiger partial charge in [0.2, 0.25) is 0 Å². The number of ether oxygens (including phenoxy) is 1. The van der Waals surface area contributed by atoms with Crippen LogP contribution in [0.1, 0.15) is 36.4 Å². The van der Waals surface area contributed by atoms with Crippen LogP contribution in [0.5, 0.6) is 0 Å². The Balaban J connectivity index is 1.79. The standard InChI is InChI=1S/C16H22FNOS/c1-11-3-2-4-13(14(11)17)15(18)12-5-7-19-16(9-12)6-8-20-10-16/h2-4,12,15H,5-10,18H2,1H3. The van der Waals surface area contributed by atoms with Crippen molar-refractivity contribution in [3.63, 3.8) is 0 Å². The lowest BCUT2D eigenvalue weighted by Crippen LogP contribution is -2.42. The molecule has 2 fully saturated rings. The van der Waals surface area contributed by atoms with Crippen molar-refractivity contribution in [1.82, 2.24) is 0 Å². The van der Waals surface area contributed by atoms with E-state index in [2.05, 4.69) is 0 Å². The molecule has 1 aromatic rings. The lowest BCUT2D eigenvalue weighted by atomic mass is 9.79. The highest BCUT2D eigenvalue weighted by atomic mass is 32.2. The minimum Gasteiger partial charge on any atom is -0.374 e. The number of rotatable bonds is 2. The van der Waals surface area contributed by atoms with E-state index >= 15 is 0 Å². The molecule has 2 saturated heterocycles. The molecule has 20 heavy (non-hydrogen) atoms. The molecule has 0 bridgehead atoms. The highest BCUT2D eigenvalue weighted by molar-refractivity contribution is 7.99. The average molecular weight is 295 g/mol. The maximum atomic E-state index is 14.3. The SMILES string of the molecule is Cc1cccc(C(N)C2CCOC3(CCSC3)C2)c1F. The number of benzene rings is 1. The summed E-state index contributed by atoms with van der Waals surface area (Å²) in [6.45, 7) is 2.55. The summed E-state index contributed by atoms with van der Waals surface area (Å²) in [5.41, 5.74) is 7.73. The topological polar surface area (TPSA) is 35.2 Å². The quantitative estimate of drug-likeness (QED) is 0.908.